The van der Waals surface area contributed by atoms with Crippen molar-refractivity contribution in [3.05, 3.63) is 70.3 Å². The van der Waals surface area contributed by atoms with Crippen molar-refractivity contribution in [2.24, 2.45) is 0 Å². The van der Waals surface area contributed by atoms with Crippen LogP contribution in [0.5, 0.6) is 0 Å². The predicted octanol–water partition coefficient (Wildman–Crippen LogP) is 3.78. The van der Waals surface area contributed by atoms with Gasteiger partial charge in [0.15, 0.2) is 0 Å². The third kappa shape index (κ3) is 3.17. The zero-order chi connectivity index (χ0) is 14.7. The molecule has 110 valence electrons. The Morgan fingerprint density at radius 2 is 1.71 bits per heavy atom. The first-order chi connectivity index (χ1) is 10.3. The molecule has 0 spiro atoms. The lowest BCUT2D eigenvalue weighted by Gasteiger charge is -2.18. The van der Waals surface area contributed by atoms with Crippen LogP contribution in [0, 0.1) is 0 Å². The fraction of sp³-hybridized carbons (Fsp3) is 0.368. The Labute approximate surface area is 127 Å². The topological polar surface area (TPSA) is 21.3 Å². The van der Waals surface area contributed by atoms with E-state index in [1.807, 2.05) is 7.05 Å². The molecule has 0 aliphatic carbocycles. The molecule has 0 bridgehead atoms. The molecule has 1 aliphatic rings. The minimum absolute atomic E-state index is 0.350. The lowest BCUT2D eigenvalue weighted by Crippen LogP contribution is -2.19. The van der Waals surface area contributed by atoms with E-state index in [0.29, 0.717) is 6.04 Å². The molecule has 21 heavy (non-hydrogen) atoms. The Balaban J connectivity index is 1.78. The summed E-state index contributed by atoms with van der Waals surface area (Å²) >= 11 is 0. The molecule has 2 heteroatoms. The first kappa shape index (κ1) is 14.3. The maximum Gasteiger partial charge on any atom is 0.0725 e. The van der Waals surface area contributed by atoms with Crippen LogP contribution in [0.1, 0.15) is 40.8 Å². The van der Waals surface area contributed by atoms with E-state index in [1.54, 1.807) is 0 Å². The molecule has 3 rings (SSSR count). The molecule has 2 nitrogen and oxygen atoms in total. The van der Waals surface area contributed by atoms with Gasteiger partial charge in [-0.1, -0.05) is 49.4 Å². The van der Waals surface area contributed by atoms with Gasteiger partial charge in [0.05, 0.1) is 13.2 Å². The highest BCUT2D eigenvalue weighted by Crippen LogP contribution is 2.25. The van der Waals surface area contributed by atoms with Gasteiger partial charge in [-0.2, -0.15) is 0 Å². The van der Waals surface area contributed by atoms with Gasteiger partial charge in [0.1, 0.15) is 0 Å². The minimum atomic E-state index is 0.350. The Morgan fingerprint density at radius 3 is 2.43 bits per heavy atom. The number of hydrogen-bond acceptors (Lipinski definition) is 2. The smallest absolute Gasteiger partial charge is 0.0725 e. The Morgan fingerprint density at radius 1 is 1.00 bits per heavy atom. The quantitative estimate of drug-likeness (QED) is 0.900. The molecule has 0 saturated carbocycles. The normalized spacial score (nSPS) is 15.0. The summed E-state index contributed by atoms with van der Waals surface area (Å²) < 4.78 is 5.51. The third-order valence-electron chi connectivity index (χ3n) is 4.37. The zero-order valence-corrected chi connectivity index (χ0v) is 12.9. The molecule has 1 atom stereocenters. The van der Waals surface area contributed by atoms with E-state index in [9.17, 15) is 0 Å². The summed E-state index contributed by atoms with van der Waals surface area (Å²) in [5.74, 6) is 0. The maximum absolute atomic E-state index is 5.51. The average Bonchev–Trinajstić information content (AvgIpc) is 3.00. The average molecular weight is 281 g/mol. The van der Waals surface area contributed by atoms with E-state index in [-0.39, 0.29) is 0 Å². The summed E-state index contributed by atoms with van der Waals surface area (Å²) in [5, 5.41) is 3.45. The molecule has 0 amide bonds. The van der Waals surface area contributed by atoms with Crippen LogP contribution in [0.25, 0.3) is 0 Å². The number of likely N-dealkylation sites (N-methyl/N-ethyl adjacent to an activating group) is 1. The summed E-state index contributed by atoms with van der Waals surface area (Å²) in [4.78, 5) is 0. The van der Waals surface area contributed by atoms with E-state index in [1.165, 1.54) is 27.8 Å². The molecule has 0 fully saturated rings. The molecule has 2 aromatic carbocycles. The van der Waals surface area contributed by atoms with Gasteiger partial charge in [-0.3, -0.25) is 0 Å². The van der Waals surface area contributed by atoms with Crippen molar-refractivity contribution >= 4 is 0 Å². The van der Waals surface area contributed by atoms with E-state index in [2.05, 4.69) is 54.7 Å². The van der Waals surface area contributed by atoms with Crippen LogP contribution in [-0.2, 0) is 30.8 Å². The monoisotopic (exact) mass is 281 g/mol. The van der Waals surface area contributed by atoms with Crippen molar-refractivity contribution in [1.29, 1.82) is 0 Å². The van der Waals surface area contributed by atoms with Crippen molar-refractivity contribution < 1.29 is 4.74 Å². The van der Waals surface area contributed by atoms with E-state index < -0.39 is 0 Å². The first-order valence-corrected chi connectivity index (χ1v) is 7.74. The van der Waals surface area contributed by atoms with Crippen molar-refractivity contribution in [2.45, 2.75) is 39.0 Å². The molecule has 0 saturated heterocycles. The SMILES string of the molecule is CCc1ccc(CC(NC)c2ccc3c(c2)COC3)cc1. The number of hydrogen-bond donors (Lipinski definition) is 1. The molecule has 0 aromatic heterocycles. The molecule has 1 aliphatic heterocycles. The second-order valence-corrected chi connectivity index (χ2v) is 5.74. The summed E-state index contributed by atoms with van der Waals surface area (Å²) in [5.41, 5.74) is 6.80. The Kier molecular flexibility index (Phi) is 4.37. The molecule has 1 heterocycles. The number of nitrogens with one attached hydrogen (secondary N) is 1. The second kappa shape index (κ2) is 6.42. The van der Waals surface area contributed by atoms with Crippen LogP contribution in [0.4, 0.5) is 0 Å². The van der Waals surface area contributed by atoms with Crippen molar-refractivity contribution in [2.75, 3.05) is 7.05 Å². The number of rotatable bonds is 5. The van der Waals surface area contributed by atoms with Crippen LogP contribution in [0.3, 0.4) is 0 Å². The maximum atomic E-state index is 5.51. The van der Waals surface area contributed by atoms with Gasteiger partial charge in [-0.05, 0) is 47.7 Å². The zero-order valence-electron chi connectivity index (χ0n) is 12.9. The molecular formula is C19H23NO. The van der Waals surface area contributed by atoms with Gasteiger partial charge >= 0.3 is 0 Å². The van der Waals surface area contributed by atoms with E-state index >= 15 is 0 Å². The highest BCUT2D eigenvalue weighted by molar-refractivity contribution is 5.35. The largest absolute Gasteiger partial charge is 0.372 e. The fourth-order valence-corrected chi connectivity index (χ4v) is 2.94. The van der Waals surface area contributed by atoms with Crippen LogP contribution in [0.15, 0.2) is 42.5 Å². The van der Waals surface area contributed by atoms with Crippen LogP contribution in [0.2, 0.25) is 0 Å². The van der Waals surface area contributed by atoms with Crippen molar-refractivity contribution in [1.82, 2.24) is 5.32 Å². The van der Waals surface area contributed by atoms with Crippen LogP contribution >= 0.6 is 0 Å². The first-order valence-electron chi connectivity index (χ1n) is 7.74. The van der Waals surface area contributed by atoms with Gasteiger partial charge in [0.25, 0.3) is 0 Å². The van der Waals surface area contributed by atoms with Crippen molar-refractivity contribution in [3.8, 4) is 0 Å². The van der Waals surface area contributed by atoms with Crippen LogP contribution < -0.4 is 5.32 Å². The second-order valence-electron chi connectivity index (χ2n) is 5.74. The number of ether oxygens (including phenoxy) is 1. The molecule has 0 radical (unpaired) electrons. The molecular weight excluding hydrogens is 258 g/mol. The van der Waals surface area contributed by atoms with Gasteiger partial charge in [0, 0.05) is 6.04 Å². The standard InChI is InChI=1S/C19H23NO/c1-3-14-4-6-15(7-5-14)10-19(20-2)16-8-9-17-12-21-13-18(17)11-16/h4-9,11,19-20H,3,10,12-13H2,1-2H3. The van der Waals surface area contributed by atoms with Gasteiger partial charge in [-0.15, -0.1) is 0 Å². The summed E-state index contributed by atoms with van der Waals surface area (Å²) in [6.45, 7) is 3.71. The van der Waals surface area contributed by atoms with E-state index in [0.717, 1.165) is 26.1 Å². The third-order valence-corrected chi connectivity index (χ3v) is 4.37. The highest BCUT2D eigenvalue weighted by atomic mass is 16.5. The van der Waals surface area contributed by atoms with Gasteiger partial charge in [-0.25, -0.2) is 0 Å². The number of aryl methyl sites for hydroxylation is 1. The minimum Gasteiger partial charge on any atom is -0.372 e. The highest BCUT2D eigenvalue weighted by Gasteiger charge is 2.15. The van der Waals surface area contributed by atoms with Crippen molar-refractivity contribution in [3.63, 3.8) is 0 Å². The number of benzene rings is 2. The lowest BCUT2D eigenvalue weighted by molar-refractivity contribution is 0.134. The van der Waals surface area contributed by atoms with Gasteiger partial charge < -0.3 is 10.1 Å². The lowest BCUT2D eigenvalue weighted by atomic mass is 9.95. The summed E-state index contributed by atoms with van der Waals surface area (Å²) in [6, 6.07) is 16.1. The molecule has 2 aromatic rings. The Hall–Kier alpha value is -1.64. The predicted molar refractivity (Wildman–Crippen MR) is 86.3 cm³/mol. The van der Waals surface area contributed by atoms with E-state index in [4.69, 9.17) is 4.74 Å². The van der Waals surface area contributed by atoms with Crippen LogP contribution in [-0.4, -0.2) is 7.05 Å². The van der Waals surface area contributed by atoms with Gasteiger partial charge in [0.2, 0.25) is 0 Å². The molecule has 1 N–H and O–H groups in total. The number of fused-ring (bicyclic) bond motifs is 1. The molecule has 1 unspecified atom stereocenters. The fourth-order valence-electron chi connectivity index (χ4n) is 2.94. The summed E-state index contributed by atoms with van der Waals surface area (Å²) in [6.07, 6.45) is 2.11. The Bertz CT molecular complexity index is 603. The summed E-state index contributed by atoms with van der Waals surface area (Å²) in [7, 11) is 2.04.